The van der Waals surface area contributed by atoms with Crippen LogP contribution in [0.5, 0.6) is 0 Å². The highest BCUT2D eigenvalue weighted by Crippen LogP contribution is 2.35. The van der Waals surface area contributed by atoms with Gasteiger partial charge in [0.15, 0.2) is 0 Å². The minimum Gasteiger partial charge on any atom is -0.362 e. The Labute approximate surface area is 108 Å². The summed E-state index contributed by atoms with van der Waals surface area (Å²) in [4.78, 5) is 0. The second kappa shape index (κ2) is 5.21. The average Bonchev–Trinajstić information content (AvgIpc) is 2.29. The summed E-state index contributed by atoms with van der Waals surface area (Å²) in [6, 6.07) is 2.03. The van der Waals surface area contributed by atoms with Gasteiger partial charge in [-0.25, -0.2) is 0 Å². The zero-order chi connectivity index (χ0) is 12.3. The van der Waals surface area contributed by atoms with E-state index in [2.05, 4.69) is 22.4 Å². The molecule has 3 nitrogen and oxygen atoms in total. The molecule has 1 N–H and O–H groups in total. The second-order valence-electron chi connectivity index (χ2n) is 5.36. The smallest absolute Gasteiger partial charge is 0.149 e. The minimum absolute atomic E-state index is 0.00168. The number of anilines is 1. The van der Waals surface area contributed by atoms with Crippen molar-refractivity contribution in [3.05, 3.63) is 17.8 Å². The highest BCUT2D eigenvalue weighted by Gasteiger charge is 2.34. The number of hydrogen-bond acceptors (Lipinski definition) is 3. The predicted molar refractivity (Wildman–Crippen MR) is 71.5 cm³/mol. The first kappa shape index (κ1) is 12.6. The number of nitrogens with one attached hydrogen (secondary N) is 1. The molecule has 1 saturated carbocycles. The van der Waals surface area contributed by atoms with Crippen LogP contribution in [0.15, 0.2) is 12.3 Å². The first-order valence-corrected chi connectivity index (χ1v) is 6.80. The monoisotopic (exact) mass is 253 g/mol. The number of aromatic nitrogens is 2. The van der Waals surface area contributed by atoms with Crippen molar-refractivity contribution in [1.29, 1.82) is 0 Å². The Hall–Kier alpha value is -0.830. The van der Waals surface area contributed by atoms with Crippen molar-refractivity contribution in [1.82, 2.24) is 10.2 Å². The van der Waals surface area contributed by atoms with Gasteiger partial charge in [0, 0.05) is 5.88 Å². The fraction of sp³-hybridized carbons (Fsp3) is 0.692. The van der Waals surface area contributed by atoms with E-state index >= 15 is 0 Å². The summed E-state index contributed by atoms with van der Waals surface area (Å²) in [5, 5.41) is 11.6. The largest absolute Gasteiger partial charge is 0.362 e. The summed E-state index contributed by atoms with van der Waals surface area (Å²) >= 11 is 6.18. The number of nitrogens with zero attached hydrogens (tertiary/aromatic N) is 2. The normalized spacial score (nSPS) is 29.0. The molecular weight excluding hydrogens is 234 g/mol. The number of halogens is 1. The van der Waals surface area contributed by atoms with Gasteiger partial charge < -0.3 is 5.32 Å². The summed E-state index contributed by atoms with van der Waals surface area (Å²) < 4.78 is 0. The lowest BCUT2D eigenvalue weighted by Gasteiger charge is -2.39. The first-order valence-electron chi connectivity index (χ1n) is 6.27. The minimum atomic E-state index is 0.00168. The van der Waals surface area contributed by atoms with E-state index in [0.29, 0.717) is 5.88 Å². The topological polar surface area (TPSA) is 37.8 Å². The Balaban J connectivity index is 2.13. The summed E-state index contributed by atoms with van der Waals surface area (Å²) in [6.45, 7) is 4.32. The molecule has 2 unspecified atom stereocenters. The molecule has 0 radical (unpaired) electrons. The quantitative estimate of drug-likeness (QED) is 0.840. The van der Waals surface area contributed by atoms with Gasteiger partial charge in [0.05, 0.1) is 11.7 Å². The van der Waals surface area contributed by atoms with Gasteiger partial charge in [-0.15, -0.1) is 16.7 Å². The molecule has 0 amide bonds. The van der Waals surface area contributed by atoms with E-state index in [0.717, 1.165) is 30.1 Å². The summed E-state index contributed by atoms with van der Waals surface area (Å²) in [5.74, 6) is 2.21. The van der Waals surface area contributed by atoms with Gasteiger partial charge in [-0.3, -0.25) is 0 Å². The van der Waals surface area contributed by atoms with Crippen LogP contribution in [-0.4, -0.2) is 21.6 Å². The third-order valence-electron chi connectivity index (χ3n) is 3.53. The molecule has 2 rings (SSSR count). The summed E-state index contributed by atoms with van der Waals surface area (Å²) in [5.41, 5.74) is 1.12. The molecule has 0 aliphatic heterocycles. The van der Waals surface area contributed by atoms with Gasteiger partial charge in [-0.2, -0.15) is 5.10 Å². The molecule has 1 aromatic rings. The van der Waals surface area contributed by atoms with E-state index in [4.69, 9.17) is 11.6 Å². The molecule has 2 atom stereocenters. The highest BCUT2D eigenvalue weighted by molar-refractivity contribution is 6.18. The van der Waals surface area contributed by atoms with Crippen molar-refractivity contribution < 1.29 is 0 Å². The molecule has 1 aliphatic rings. The zero-order valence-corrected chi connectivity index (χ0v) is 11.3. The molecule has 0 spiro atoms. The fourth-order valence-electron chi connectivity index (χ4n) is 2.73. The van der Waals surface area contributed by atoms with E-state index in [1.54, 1.807) is 6.20 Å². The van der Waals surface area contributed by atoms with E-state index in [1.807, 2.05) is 13.0 Å². The number of aryl methyl sites for hydroxylation is 1. The lowest BCUT2D eigenvalue weighted by atomic mass is 9.77. The Morgan fingerprint density at radius 1 is 1.59 bits per heavy atom. The fourth-order valence-corrected chi connectivity index (χ4v) is 3.03. The molecule has 0 saturated heterocycles. The molecular formula is C13H20ClN3. The molecule has 1 fully saturated rings. The van der Waals surface area contributed by atoms with Crippen molar-refractivity contribution in [2.75, 3.05) is 11.2 Å². The lowest BCUT2D eigenvalue weighted by molar-refractivity contribution is 0.279. The average molecular weight is 254 g/mol. The summed E-state index contributed by atoms with van der Waals surface area (Å²) in [6.07, 6.45) is 6.55. The third kappa shape index (κ3) is 3.09. The Morgan fingerprint density at radius 3 is 3.06 bits per heavy atom. The van der Waals surface area contributed by atoms with Crippen LogP contribution < -0.4 is 5.32 Å². The van der Waals surface area contributed by atoms with Crippen LogP contribution in [0.1, 0.15) is 38.2 Å². The standard InChI is InChI=1S/C13H20ClN3/c1-10-4-3-5-13(7-10,9-14)16-12-6-11(2)8-15-17-12/h6,8,10H,3-5,7,9H2,1-2H3,(H,16,17). The van der Waals surface area contributed by atoms with E-state index in [1.165, 1.54) is 12.8 Å². The predicted octanol–water partition coefficient (Wildman–Crippen LogP) is 3.38. The van der Waals surface area contributed by atoms with Crippen molar-refractivity contribution >= 4 is 17.4 Å². The maximum absolute atomic E-state index is 6.18. The van der Waals surface area contributed by atoms with E-state index < -0.39 is 0 Å². The maximum Gasteiger partial charge on any atom is 0.149 e. The number of hydrogen-bond donors (Lipinski definition) is 1. The first-order chi connectivity index (χ1) is 8.13. The van der Waals surface area contributed by atoms with Crippen LogP contribution in [0.3, 0.4) is 0 Å². The van der Waals surface area contributed by atoms with Gasteiger partial charge in [0.2, 0.25) is 0 Å². The molecule has 0 aromatic carbocycles. The van der Waals surface area contributed by atoms with Crippen LogP contribution in [0.25, 0.3) is 0 Å². The van der Waals surface area contributed by atoms with Gasteiger partial charge in [0.1, 0.15) is 5.82 Å². The number of rotatable bonds is 3. The number of alkyl halides is 1. The van der Waals surface area contributed by atoms with Crippen molar-refractivity contribution in [3.63, 3.8) is 0 Å². The molecule has 1 aromatic heterocycles. The zero-order valence-electron chi connectivity index (χ0n) is 10.5. The molecule has 4 heteroatoms. The third-order valence-corrected chi connectivity index (χ3v) is 4.04. The second-order valence-corrected chi connectivity index (χ2v) is 5.63. The molecule has 0 bridgehead atoms. The van der Waals surface area contributed by atoms with Crippen molar-refractivity contribution in [2.45, 2.75) is 45.1 Å². The SMILES string of the molecule is Cc1cnnc(NC2(CCl)CCCC(C)C2)c1. The van der Waals surface area contributed by atoms with Crippen LogP contribution >= 0.6 is 11.6 Å². The van der Waals surface area contributed by atoms with Gasteiger partial charge in [-0.1, -0.05) is 19.8 Å². The molecule has 1 aliphatic carbocycles. The molecule has 17 heavy (non-hydrogen) atoms. The van der Waals surface area contributed by atoms with E-state index in [-0.39, 0.29) is 5.54 Å². The van der Waals surface area contributed by atoms with Crippen molar-refractivity contribution in [2.24, 2.45) is 5.92 Å². The van der Waals surface area contributed by atoms with Gasteiger partial charge >= 0.3 is 0 Å². The van der Waals surface area contributed by atoms with Crippen LogP contribution in [0.4, 0.5) is 5.82 Å². The maximum atomic E-state index is 6.18. The van der Waals surface area contributed by atoms with Gasteiger partial charge in [-0.05, 0) is 37.3 Å². The Kier molecular flexibility index (Phi) is 3.87. The lowest BCUT2D eigenvalue weighted by Crippen LogP contribution is -2.44. The van der Waals surface area contributed by atoms with Crippen LogP contribution in [0, 0.1) is 12.8 Å². The highest BCUT2D eigenvalue weighted by atomic mass is 35.5. The van der Waals surface area contributed by atoms with Gasteiger partial charge in [0.25, 0.3) is 0 Å². The van der Waals surface area contributed by atoms with Crippen LogP contribution in [-0.2, 0) is 0 Å². The molecule has 1 heterocycles. The Morgan fingerprint density at radius 2 is 2.41 bits per heavy atom. The molecule has 94 valence electrons. The summed E-state index contributed by atoms with van der Waals surface area (Å²) in [7, 11) is 0. The Bertz CT molecular complexity index is 383. The van der Waals surface area contributed by atoms with Crippen molar-refractivity contribution in [3.8, 4) is 0 Å². The van der Waals surface area contributed by atoms with E-state index in [9.17, 15) is 0 Å². The van der Waals surface area contributed by atoms with Crippen LogP contribution in [0.2, 0.25) is 0 Å².